The van der Waals surface area contributed by atoms with Gasteiger partial charge in [0, 0.05) is 11.5 Å². The fourth-order valence-corrected chi connectivity index (χ4v) is 3.30. The molecule has 150 valence electrons. The summed E-state index contributed by atoms with van der Waals surface area (Å²) in [5, 5.41) is 0. The normalized spacial score (nSPS) is 14.7. The Hall–Kier alpha value is -2.51. The van der Waals surface area contributed by atoms with Crippen LogP contribution in [0.25, 0.3) is 0 Å². The zero-order chi connectivity index (χ0) is 21.2. The molecule has 0 spiro atoms. The molecule has 0 saturated carbocycles. The number of aryl methyl sites for hydroxylation is 1. The molecule has 10 heteroatoms. The highest BCUT2D eigenvalue weighted by Crippen LogP contribution is 2.44. The lowest BCUT2D eigenvalue weighted by atomic mass is 9.94. The van der Waals surface area contributed by atoms with Gasteiger partial charge in [0.2, 0.25) is 0 Å². The maximum Gasteiger partial charge on any atom is 0.457 e. The molecule has 1 unspecified atom stereocenters. The van der Waals surface area contributed by atoms with Crippen molar-refractivity contribution in [2.75, 3.05) is 0 Å². The fraction of sp³-hybridized carbons (Fsp3) is 0.222. The second-order valence-corrected chi connectivity index (χ2v) is 7.19. The van der Waals surface area contributed by atoms with Crippen molar-refractivity contribution >= 4 is 10.1 Å². The SMILES string of the molecule is Cc1ccc(S(=O)(=O)OC(C#CC(F)(F)F)(c2ccccc2)C(F)(F)F)cc1. The van der Waals surface area contributed by atoms with Crippen LogP contribution in [0, 0.1) is 18.8 Å². The monoisotopic (exact) mass is 422 g/mol. The molecular formula is C18H12F6O3S. The summed E-state index contributed by atoms with van der Waals surface area (Å²) < 4.78 is 109. The minimum absolute atomic E-state index is 0.492. The van der Waals surface area contributed by atoms with E-state index in [9.17, 15) is 34.8 Å². The van der Waals surface area contributed by atoms with Gasteiger partial charge in [-0.3, -0.25) is 0 Å². The van der Waals surface area contributed by atoms with E-state index < -0.39 is 38.5 Å². The zero-order valence-corrected chi connectivity index (χ0v) is 14.9. The van der Waals surface area contributed by atoms with Crippen molar-refractivity contribution in [2.24, 2.45) is 0 Å². The van der Waals surface area contributed by atoms with E-state index in [1.165, 1.54) is 18.2 Å². The summed E-state index contributed by atoms with van der Waals surface area (Å²) in [6.07, 6.45) is -10.9. The van der Waals surface area contributed by atoms with Gasteiger partial charge in [-0.1, -0.05) is 48.0 Å². The van der Waals surface area contributed by atoms with Gasteiger partial charge in [0.05, 0.1) is 4.90 Å². The average molecular weight is 422 g/mol. The molecule has 1 atom stereocenters. The van der Waals surface area contributed by atoms with E-state index in [1.54, 1.807) is 6.92 Å². The highest BCUT2D eigenvalue weighted by atomic mass is 32.2. The first-order valence-electron chi connectivity index (χ1n) is 7.52. The third kappa shape index (κ3) is 4.85. The summed E-state index contributed by atoms with van der Waals surface area (Å²) in [5.41, 5.74) is -4.34. The van der Waals surface area contributed by atoms with Crippen molar-refractivity contribution in [3.8, 4) is 11.8 Å². The summed E-state index contributed by atoms with van der Waals surface area (Å²) in [5.74, 6) is 1.46. The van der Waals surface area contributed by atoms with Crippen molar-refractivity contribution in [2.45, 2.75) is 29.8 Å². The minimum Gasteiger partial charge on any atom is -0.232 e. The molecule has 2 rings (SSSR count). The maximum absolute atomic E-state index is 13.9. The molecule has 0 aromatic heterocycles. The second-order valence-electron chi connectivity index (χ2n) is 5.64. The van der Waals surface area contributed by atoms with Gasteiger partial charge in [0.1, 0.15) is 0 Å². The van der Waals surface area contributed by atoms with Crippen LogP contribution in [0.5, 0.6) is 0 Å². The van der Waals surface area contributed by atoms with Crippen molar-refractivity contribution in [1.82, 2.24) is 0 Å². The molecule has 0 fully saturated rings. The number of rotatable bonds is 4. The molecule has 3 nitrogen and oxygen atoms in total. The molecule has 0 radical (unpaired) electrons. The molecule has 0 heterocycles. The van der Waals surface area contributed by atoms with E-state index in [2.05, 4.69) is 4.18 Å². The summed E-state index contributed by atoms with van der Waals surface area (Å²) in [6.45, 7) is 1.61. The molecule has 0 amide bonds. The molecule has 0 aliphatic carbocycles. The predicted molar refractivity (Wildman–Crippen MR) is 87.5 cm³/mol. The minimum atomic E-state index is -5.61. The van der Waals surface area contributed by atoms with Crippen LogP contribution >= 0.6 is 0 Å². The van der Waals surface area contributed by atoms with Crippen molar-refractivity contribution in [1.29, 1.82) is 0 Å². The van der Waals surface area contributed by atoms with Crippen LogP contribution in [0.2, 0.25) is 0 Å². The predicted octanol–water partition coefficient (Wildman–Crippen LogP) is 4.72. The summed E-state index contributed by atoms with van der Waals surface area (Å²) >= 11 is 0. The first kappa shape index (κ1) is 21.8. The number of benzene rings is 2. The van der Waals surface area contributed by atoms with Crippen LogP contribution in [0.15, 0.2) is 59.5 Å². The Kier molecular flexibility index (Phi) is 5.82. The van der Waals surface area contributed by atoms with E-state index in [-0.39, 0.29) is 0 Å². The summed E-state index contributed by atoms with van der Waals surface area (Å²) in [4.78, 5) is -0.656. The Morgan fingerprint density at radius 3 is 1.82 bits per heavy atom. The molecule has 0 bridgehead atoms. The van der Waals surface area contributed by atoms with Crippen molar-refractivity contribution < 1.29 is 38.9 Å². The average Bonchev–Trinajstić information content (AvgIpc) is 2.58. The van der Waals surface area contributed by atoms with Crippen LogP contribution in [0.3, 0.4) is 0 Å². The van der Waals surface area contributed by atoms with E-state index in [0.29, 0.717) is 11.5 Å². The van der Waals surface area contributed by atoms with Gasteiger partial charge in [-0.2, -0.15) is 34.8 Å². The highest BCUT2D eigenvalue weighted by molar-refractivity contribution is 7.86. The Morgan fingerprint density at radius 1 is 0.821 bits per heavy atom. The first-order chi connectivity index (χ1) is 12.8. The van der Waals surface area contributed by atoms with Crippen LogP contribution < -0.4 is 0 Å². The van der Waals surface area contributed by atoms with Gasteiger partial charge in [-0.15, -0.1) is 0 Å². The van der Waals surface area contributed by atoms with Crippen molar-refractivity contribution in [3.05, 3.63) is 65.7 Å². The number of alkyl halides is 6. The number of hydrogen-bond acceptors (Lipinski definition) is 3. The third-order valence-corrected chi connectivity index (χ3v) is 4.82. The molecule has 2 aromatic rings. The first-order valence-corrected chi connectivity index (χ1v) is 8.93. The van der Waals surface area contributed by atoms with Crippen LogP contribution in [-0.4, -0.2) is 20.8 Å². The van der Waals surface area contributed by atoms with Crippen LogP contribution in [0.1, 0.15) is 11.1 Å². The lowest BCUT2D eigenvalue weighted by Crippen LogP contribution is -2.45. The molecule has 0 aliphatic heterocycles. The molecule has 28 heavy (non-hydrogen) atoms. The van der Waals surface area contributed by atoms with E-state index in [0.717, 1.165) is 42.3 Å². The summed E-state index contributed by atoms with van der Waals surface area (Å²) in [7, 11) is -5.12. The van der Waals surface area contributed by atoms with E-state index >= 15 is 0 Å². The Labute approximate surface area is 157 Å². The van der Waals surface area contributed by atoms with Gasteiger partial charge in [-0.25, -0.2) is 4.18 Å². The Morgan fingerprint density at radius 2 is 1.36 bits per heavy atom. The standard InChI is InChI=1S/C18H12F6O3S/c1-13-7-9-15(10-8-13)28(25,26)27-16(18(22,23)24,11-12-17(19,20)21)14-5-3-2-4-6-14/h2-10H,1H3. The maximum atomic E-state index is 13.9. The Balaban J connectivity index is 2.73. The fourth-order valence-electron chi connectivity index (χ4n) is 2.17. The van der Waals surface area contributed by atoms with Crippen molar-refractivity contribution in [3.63, 3.8) is 0 Å². The van der Waals surface area contributed by atoms with E-state index in [1.807, 2.05) is 0 Å². The molecule has 0 N–H and O–H groups in total. The topological polar surface area (TPSA) is 43.4 Å². The smallest absolute Gasteiger partial charge is 0.232 e. The van der Waals surface area contributed by atoms with E-state index in [4.69, 9.17) is 0 Å². The van der Waals surface area contributed by atoms with Crippen LogP contribution in [0.4, 0.5) is 26.3 Å². The summed E-state index contributed by atoms with van der Waals surface area (Å²) in [6, 6.07) is 9.61. The Bertz CT molecular complexity index is 984. The van der Waals surface area contributed by atoms with Gasteiger partial charge < -0.3 is 0 Å². The lowest BCUT2D eigenvalue weighted by molar-refractivity contribution is -0.229. The third-order valence-electron chi connectivity index (χ3n) is 3.50. The largest absolute Gasteiger partial charge is 0.457 e. The highest BCUT2D eigenvalue weighted by Gasteiger charge is 2.60. The van der Waals surface area contributed by atoms with Crippen LogP contribution in [-0.2, 0) is 19.9 Å². The lowest BCUT2D eigenvalue weighted by Gasteiger charge is -2.30. The van der Waals surface area contributed by atoms with Gasteiger partial charge in [0.15, 0.2) is 0 Å². The molecule has 2 aromatic carbocycles. The van der Waals surface area contributed by atoms with Gasteiger partial charge >= 0.3 is 12.4 Å². The van der Waals surface area contributed by atoms with Gasteiger partial charge in [0.25, 0.3) is 15.7 Å². The quantitative estimate of drug-likeness (QED) is 0.407. The number of hydrogen-bond donors (Lipinski definition) is 0. The number of halogens is 6. The molecular weight excluding hydrogens is 410 g/mol. The second kappa shape index (κ2) is 7.48. The zero-order valence-electron chi connectivity index (χ0n) is 14.1. The van der Waals surface area contributed by atoms with Gasteiger partial charge in [-0.05, 0) is 25.0 Å². The molecule has 0 aliphatic rings. The molecule has 0 saturated heterocycles.